The van der Waals surface area contributed by atoms with Gasteiger partial charge in [0, 0.05) is 11.1 Å². The van der Waals surface area contributed by atoms with E-state index < -0.39 is 11.3 Å². The molecule has 0 atom stereocenters. The third-order valence-electron chi connectivity index (χ3n) is 2.53. The Balaban J connectivity index is 2.23. The molecule has 3 aromatic heterocycles. The maximum absolute atomic E-state index is 12.1. The molecule has 0 saturated carbocycles. The molecule has 0 aliphatic carbocycles. The fraction of sp³-hybridized carbons (Fsp3) is 0.0833. The molecule has 0 aliphatic rings. The van der Waals surface area contributed by atoms with Gasteiger partial charge in [0.2, 0.25) is 0 Å². The number of hydrogen-bond acceptors (Lipinski definition) is 5. The molecule has 3 rings (SSSR count). The van der Waals surface area contributed by atoms with E-state index in [2.05, 4.69) is 4.98 Å². The average molecular weight is 260 g/mol. The molecular weight excluding hydrogens is 252 g/mol. The Morgan fingerprint density at radius 2 is 2.17 bits per heavy atom. The summed E-state index contributed by atoms with van der Waals surface area (Å²) in [4.78, 5) is 28.7. The van der Waals surface area contributed by atoms with Gasteiger partial charge in [-0.25, -0.2) is 14.3 Å². The normalized spacial score (nSPS) is 10.9. The summed E-state index contributed by atoms with van der Waals surface area (Å²) in [6.45, 7) is 0.214. The number of rotatable bonds is 2. The minimum Gasteiger partial charge on any atom is -0.407 e. The maximum atomic E-state index is 12.1. The zero-order valence-corrected chi connectivity index (χ0v) is 10.0. The van der Waals surface area contributed by atoms with Crippen molar-refractivity contribution in [1.82, 2.24) is 9.55 Å². The zero-order valence-electron chi connectivity index (χ0n) is 9.20. The van der Waals surface area contributed by atoms with Gasteiger partial charge < -0.3 is 4.42 Å². The summed E-state index contributed by atoms with van der Waals surface area (Å²) in [5, 5.41) is 1.89. The lowest BCUT2D eigenvalue weighted by molar-refractivity contribution is 0.470. The molecule has 90 valence electrons. The quantitative estimate of drug-likeness (QED) is 0.699. The number of aromatic nitrogens is 2. The second-order valence-corrected chi connectivity index (χ2v) is 4.72. The lowest BCUT2D eigenvalue weighted by Crippen LogP contribution is -2.33. The van der Waals surface area contributed by atoms with E-state index in [-0.39, 0.29) is 17.6 Å². The molecule has 5 nitrogen and oxygen atoms in total. The minimum absolute atomic E-state index is 0.175. The first-order valence-corrected chi connectivity index (χ1v) is 6.15. The topological polar surface area (TPSA) is 65.1 Å². The van der Waals surface area contributed by atoms with Crippen LogP contribution in [-0.4, -0.2) is 9.55 Å². The molecule has 0 aliphatic heterocycles. The van der Waals surface area contributed by atoms with Crippen LogP contribution in [0.25, 0.3) is 11.1 Å². The molecule has 3 aromatic rings. The van der Waals surface area contributed by atoms with Crippen LogP contribution in [0.3, 0.4) is 0 Å². The second kappa shape index (κ2) is 4.23. The van der Waals surface area contributed by atoms with Crippen molar-refractivity contribution in [3.05, 3.63) is 61.6 Å². The molecular formula is C12H8N2O3S. The van der Waals surface area contributed by atoms with Crippen LogP contribution in [0.2, 0.25) is 0 Å². The van der Waals surface area contributed by atoms with Gasteiger partial charge in [-0.2, -0.15) is 0 Å². The predicted molar refractivity (Wildman–Crippen MR) is 68.0 cm³/mol. The van der Waals surface area contributed by atoms with Gasteiger partial charge in [-0.05, 0) is 23.6 Å². The summed E-state index contributed by atoms with van der Waals surface area (Å²) < 4.78 is 6.13. The van der Waals surface area contributed by atoms with Crippen molar-refractivity contribution in [2.75, 3.05) is 0 Å². The van der Waals surface area contributed by atoms with Crippen LogP contribution < -0.4 is 11.3 Å². The van der Waals surface area contributed by atoms with E-state index in [1.807, 2.05) is 17.5 Å². The number of pyridine rings is 1. The van der Waals surface area contributed by atoms with Crippen LogP contribution in [-0.2, 0) is 6.54 Å². The van der Waals surface area contributed by atoms with E-state index in [1.54, 1.807) is 12.1 Å². The molecule has 0 bridgehead atoms. The largest absolute Gasteiger partial charge is 0.422 e. The third kappa shape index (κ3) is 1.76. The SMILES string of the molecule is O=c1oc2cccnc2c(=O)n1Cc1cccs1. The van der Waals surface area contributed by atoms with Gasteiger partial charge in [-0.3, -0.25) is 4.79 Å². The summed E-state index contributed by atoms with van der Waals surface area (Å²) in [5.74, 6) is -0.658. The van der Waals surface area contributed by atoms with Gasteiger partial charge in [0.05, 0.1) is 6.54 Å². The van der Waals surface area contributed by atoms with Crippen molar-refractivity contribution in [2.45, 2.75) is 6.54 Å². The highest BCUT2D eigenvalue weighted by Gasteiger charge is 2.10. The van der Waals surface area contributed by atoms with Gasteiger partial charge in [0.15, 0.2) is 11.1 Å². The first-order chi connectivity index (χ1) is 8.75. The van der Waals surface area contributed by atoms with Gasteiger partial charge in [0.25, 0.3) is 5.56 Å². The predicted octanol–water partition coefficient (Wildman–Crippen LogP) is 1.46. The summed E-state index contributed by atoms with van der Waals surface area (Å²) in [7, 11) is 0. The molecule has 0 unspecified atom stereocenters. The molecule has 0 radical (unpaired) electrons. The van der Waals surface area contributed by atoms with E-state index in [0.29, 0.717) is 0 Å². The number of hydrogen-bond donors (Lipinski definition) is 0. The van der Waals surface area contributed by atoms with Gasteiger partial charge >= 0.3 is 5.76 Å². The highest BCUT2D eigenvalue weighted by molar-refractivity contribution is 7.09. The van der Waals surface area contributed by atoms with E-state index >= 15 is 0 Å². The van der Waals surface area contributed by atoms with E-state index in [1.165, 1.54) is 17.5 Å². The standard InChI is InChI=1S/C12H8N2O3S/c15-11-10-9(4-1-5-13-10)17-12(16)14(11)7-8-3-2-6-18-8/h1-6H,7H2. The van der Waals surface area contributed by atoms with Gasteiger partial charge in [-0.15, -0.1) is 11.3 Å². The highest BCUT2D eigenvalue weighted by Crippen LogP contribution is 2.09. The molecule has 0 aromatic carbocycles. The number of nitrogens with zero attached hydrogens (tertiary/aromatic N) is 2. The van der Waals surface area contributed by atoms with Gasteiger partial charge in [-0.1, -0.05) is 6.07 Å². The summed E-state index contributed by atoms with van der Waals surface area (Å²) >= 11 is 1.48. The Morgan fingerprint density at radius 1 is 1.28 bits per heavy atom. The van der Waals surface area contributed by atoms with E-state index in [0.717, 1.165) is 9.44 Å². The van der Waals surface area contributed by atoms with E-state index in [9.17, 15) is 9.59 Å². The highest BCUT2D eigenvalue weighted by atomic mass is 32.1. The monoisotopic (exact) mass is 260 g/mol. The van der Waals surface area contributed by atoms with Crippen molar-refractivity contribution >= 4 is 22.4 Å². The smallest absolute Gasteiger partial charge is 0.407 e. The summed E-state index contributed by atoms with van der Waals surface area (Å²) in [5.41, 5.74) is -0.0289. The van der Waals surface area contributed by atoms with Crippen LogP contribution in [0.5, 0.6) is 0 Å². The summed E-state index contributed by atoms with van der Waals surface area (Å²) in [6.07, 6.45) is 1.50. The fourth-order valence-corrected chi connectivity index (χ4v) is 2.38. The first-order valence-electron chi connectivity index (χ1n) is 5.27. The van der Waals surface area contributed by atoms with Crippen molar-refractivity contribution in [3.8, 4) is 0 Å². The lowest BCUT2D eigenvalue weighted by atomic mass is 10.4. The fourth-order valence-electron chi connectivity index (χ4n) is 1.69. The number of fused-ring (bicyclic) bond motifs is 1. The molecule has 6 heteroatoms. The van der Waals surface area contributed by atoms with Crippen molar-refractivity contribution in [1.29, 1.82) is 0 Å². The van der Waals surface area contributed by atoms with Crippen LogP contribution >= 0.6 is 11.3 Å². The molecule has 0 N–H and O–H groups in total. The number of thiophene rings is 1. The molecule has 3 heterocycles. The molecule has 0 saturated heterocycles. The Labute approximate surface area is 105 Å². The first kappa shape index (κ1) is 10.9. The van der Waals surface area contributed by atoms with Crippen molar-refractivity contribution in [2.24, 2.45) is 0 Å². The van der Waals surface area contributed by atoms with Gasteiger partial charge in [0.1, 0.15) is 0 Å². The molecule has 18 heavy (non-hydrogen) atoms. The Morgan fingerprint density at radius 3 is 2.94 bits per heavy atom. The Hall–Kier alpha value is -2.21. The lowest BCUT2D eigenvalue weighted by Gasteiger charge is -2.02. The van der Waals surface area contributed by atoms with Crippen LogP contribution in [0.15, 0.2) is 49.8 Å². The third-order valence-corrected chi connectivity index (χ3v) is 3.39. The maximum Gasteiger partial charge on any atom is 0.422 e. The van der Waals surface area contributed by atoms with Crippen LogP contribution in [0, 0.1) is 0 Å². The summed E-state index contributed by atoms with van der Waals surface area (Å²) in [6, 6.07) is 6.90. The second-order valence-electron chi connectivity index (χ2n) is 3.69. The molecule has 0 fully saturated rings. The van der Waals surface area contributed by atoms with Crippen molar-refractivity contribution < 1.29 is 4.42 Å². The Bertz CT molecular complexity index is 802. The molecule has 0 amide bonds. The van der Waals surface area contributed by atoms with E-state index in [4.69, 9.17) is 4.42 Å². The minimum atomic E-state index is -0.658. The van der Waals surface area contributed by atoms with Crippen LogP contribution in [0.4, 0.5) is 0 Å². The van der Waals surface area contributed by atoms with Crippen LogP contribution in [0.1, 0.15) is 4.88 Å². The Kier molecular flexibility index (Phi) is 2.56. The van der Waals surface area contributed by atoms with Crippen molar-refractivity contribution in [3.63, 3.8) is 0 Å². The average Bonchev–Trinajstić information content (AvgIpc) is 2.87. The zero-order chi connectivity index (χ0) is 12.5. The molecule has 0 spiro atoms.